The van der Waals surface area contributed by atoms with Crippen molar-refractivity contribution in [3.63, 3.8) is 0 Å². The number of aromatic nitrogens is 1. The molecule has 1 N–H and O–H groups in total. The maximum atomic E-state index is 11.1. The minimum absolute atomic E-state index is 0.156. The normalized spacial score (nSPS) is 10.2. The fourth-order valence-corrected chi connectivity index (χ4v) is 1.53. The van der Waals surface area contributed by atoms with Crippen molar-refractivity contribution in [2.24, 2.45) is 0 Å². The zero-order valence-corrected chi connectivity index (χ0v) is 8.10. The number of fused-ring (bicyclic) bond motifs is 1. The van der Waals surface area contributed by atoms with Crippen LogP contribution in [0, 0.1) is 0 Å². The highest BCUT2D eigenvalue weighted by Gasteiger charge is 2.14. The molecule has 0 saturated carbocycles. The fraction of sp³-hybridized carbons (Fsp3) is 0.0909. The lowest BCUT2D eigenvalue weighted by atomic mass is 10.1. The highest BCUT2D eigenvalue weighted by Crippen LogP contribution is 2.26. The van der Waals surface area contributed by atoms with Crippen molar-refractivity contribution in [3.05, 3.63) is 36.2 Å². The summed E-state index contributed by atoms with van der Waals surface area (Å²) in [4.78, 5) is 15.0. The van der Waals surface area contributed by atoms with Gasteiger partial charge in [-0.25, -0.2) is 4.79 Å². The molecule has 0 aliphatic carbocycles. The van der Waals surface area contributed by atoms with Crippen molar-refractivity contribution in [3.8, 4) is 5.75 Å². The van der Waals surface area contributed by atoms with E-state index in [1.165, 1.54) is 13.3 Å². The van der Waals surface area contributed by atoms with Gasteiger partial charge in [-0.1, -0.05) is 6.07 Å². The molecular weight excluding hydrogens is 194 g/mol. The quantitative estimate of drug-likeness (QED) is 0.810. The number of nitrogens with zero attached hydrogens (tertiary/aromatic N) is 1. The van der Waals surface area contributed by atoms with Crippen LogP contribution >= 0.6 is 0 Å². The molecule has 4 nitrogen and oxygen atoms in total. The molecule has 0 atom stereocenters. The molecule has 1 heterocycles. The largest absolute Gasteiger partial charge is 0.496 e. The average Bonchev–Trinajstić information content (AvgIpc) is 2.27. The first kappa shape index (κ1) is 9.45. The molecule has 0 aliphatic rings. The lowest BCUT2D eigenvalue weighted by Crippen LogP contribution is -2.01. The van der Waals surface area contributed by atoms with E-state index in [9.17, 15) is 4.79 Å². The Balaban J connectivity index is 2.85. The topological polar surface area (TPSA) is 59.4 Å². The molecule has 2 aromatic rings. The predicted molar refractivity (Wildman–Crippen MR) is 55.3 cm³/mol. The van der Waals surface area contributed by atoms with Crippen molar-refractivity contribution >= 4 is 16.7 Å². The van der Waals surface area contributed by atoms with Gasteiger partial charge in [-0.3, -0.25) is 4.98 Å². The summed E-state index contributed by atoms with van der Waals surface area (Å²) >= 11 is 0. The number of hydrogen-bond donors (Lipinski definition) is 1. The number of pyridine rings is 1. The molecule has 0 radical (unpaired) electrons. The van der Waals surface area contributed by atoms with Gasteiger partial charge in [0.15, 0.2) is 0 Å². The maximum Gasteiger partial charge on any atom is 0.340 e. The van der Waals surface area contributed by atoms with E-state index < -0.39 is 5.97 Å². The number of carbonyl (C=O) groups is 1. The van der Waals surface area contributed by atoms with E-state index in [-0.39, 0.29) is 5.56 Å². The van der Waals surface area contributed by atoms with Gasteiger partial charge in [-0.05, 0) is 17.5 Å². The van der Waals surface area contributed by atoms with Crippen LogP contribution in [0.25, 0.3) is 10.8 Å². The third kappa shape index (κ3) is 1.50. The number of rotatable bonds is 2. The van der Waals surface area contributed by atoms with E-state index in [4.69, 9.17) is 9.84 Å². The molecule has 0 aliphatic heterocycles. The van der Waals surface area contributed by atoms with Gasteiger partial charge in [-0.15, -0.1) is 0 Å². The Morgan fingerprint density at radius 3 is 2.87 bits per heavy atom. The summed E-state index contributed by atoms with van der Waals surface area (Å²) in [7, 11) is 1.45. The molecule has 15 heavy (non-hydrogen) atoms. The van der Waals surface area contributed by atoms with Crippen molar-refractivity contribution < 1.29 is 14.6 Å². The summed E-state index contributed by atoms with van der Waals surface area (Å²) in [5.74, 6) is -0.659. The Labute approximate surface area is 86.1 Å². The lowest BCUT2D eigenvalue weighted by Gasteiger charge is -2.07. The monoisotopic (exact) mass is 203 g/mol. The van der Waals surface area contributed by atoms with Crippen molar-refractivity contribution in [1.29, 1.82) is 0 Å². The molecule has 1 aromatic heterocycles. The lowest BCUT2D eigenvalue weighted by molar-refractivity contribution is 0.0695. The van der Waals surface area contributed by atoms with Gasteiger partial charge in [0.25, 0.3) is 0 Å². The fourth-order valence-electron chi connectivity index (χ4n) is 1.53. The van der Waals surface area contributed by atoms with Gasteiger partial charge in [0.2, 0.25) is 0 Å². The highest BCUT2D eigenvalue weighted by molar-refractivity contribution is 6.05. The summed E-state index contributed by atoms with van der Waals surface area (Å²) in [5, 5.41) is 10.5. The van der Waals surface area contributed by atoms with Crippen LogP contribution in [0.1, 0.15) is 10.4 Å². The second kappa shape index (κ2) is 3.57. The molecular formula is C11H9NO3. The Hall–Kier alpha value is -2.10. The smallest absolute Gasteiger partial charge is 0.340 e. The number of methoxy groups -OCH3 is 1. The molecule has 0 fully saturated rings. The van der Waals surface area contributed by atoms with E-state index in [1.807, 2.05) is 6.07 Å². The Morgan fingerprint density at radius 2 is 2.20 bits per heavy atom. The molecule has 76 valence electrons. The van der Waals surface area contributed by atoms with Crippen molar-refractivity contribution in [1.82, 2.24) is 4.98 Å². The van der Waals surface area contributed by atoms with Crippen LogP contribution in [-0.4, -0.2) is 23.2 Å². The second-order valence-corrected chi connectivity index (χ2v) is 3.04. The van der Waals surface area contributed by atoms with Gasteiger partial charge in [0, 0.05) is 17.8 Å². The standard InChI is InChI=1S/C11H9NO3/c1-15-9-3-2-7-4-5-12-6-8(7)10(9)11(13)14/h2-6H,1H3,(H,13,14). The van der Waals surface area contributed by atoms with Crippen LogP contribution in [0.2, 0.25) is 0 Å². The summed E-state index contributed by atoms with van der Waals surface area (Å²) in [6.07, 6.45) is 3.15. The number of carboxylic acids is 1. The van der Waals surface area contributed by atoms with E-state index >= 15 is 0 Å². The minimum Gasteiger partial charge on any atom is -0.496 e. The van der Waals surface area contributed by atoms with Crippen LogP contribution < -0.4 is 4.74 Å². The molecule has 0 amide bonds. The SMILES string of the molecule is COc1ccc2ccncc2c1C(=O)O. The van der Waals surface area contributed by atoms with Crippen molar-refractivity contribution in [2.45, 2.75) is 0 Å². The third-order valence-corrected chi connectivity index (χ3v) is 2.22. The van der Waals surface area contributed by atoms with Gasteiger partial charge in [0.1, 0.15) is 11.3 Å². The van der Waals surface area contributed by atoms with Gasteiger partial charge in [0.05, 0.1) is 7.11 Å². The maximum absolute atomic E-state index is 11.1. The molecule has 0 unspecified atom stereocenters. The molecule has 4 heteroatoms. The van der Waals surface area contributed by atoms with Gasteiger partial charge in [-0.2, -0.15) is 0 Å². The molecule has 2 rings (SSSR count). The summed E-state index contributed by atoms with van der Waals surface area (Å²) in [6.45, 7) is 0. The van der Waals surface area contributed by atoms with Crippen LogP contribution in [0.15, 0.2) is 30.6 Å². The van der Waals surface area contributed by atoms with Crippen LogP contribution in [-0.2, 0) is 0 Å². The van der Waals surface area contributed by atoms with E-state index in [0.29, 0.717) is 11.1 Å². The van der Waals surface area contributed by atoms with Crippen LogP contribution in [0.5, 0.6) is 5.75 Å². The predicted octanol–water partition coefficient (Wildman–Crippen LogP) is 1.94. The molecule has 0 bridgehead atoms. The van der Waals surface area contributed by atoms with E-state index in [0.717, 1.165) is 5.39 Å². The zero-order chi connectivity index (χ0) is 10.8. The number of ether oxygens (including phenoxy) is 1. The molecule has 0 saturated heterocycles. The van der Waals surface area contributed by atoms with E-state index in [1.54, 1.807) is 18.3 Å². The first-order valence-corrected chi connectivity index (χ1v) is 4.38. The number of aromatic carboxylic acids is 1. The minimum atomic E-state index is -1.01. The number of hydrogen-bond acceptors (Lipinski definition) is 3. The Bertz CT molecular complexity index is 522. The highest BCUT2D eigenvalue weighted by atomic mass is 16.5. The average molecular weight is 203 g/mol. The second-order valence-electron chi connectivity index (χ2n) is 3.04. The summed E-state index contributed by atoms with van der Waals surface area (Å²) in [5.41, 5.74) is 0.156. The summed E-state index contributed by atoms with van der Waals surface area (Å²) < 4.78 is 5.01. The molecule has 1 aromatic carbocycles. The first-order chi connectivity index (χ1) is 7.24. The number of carboxylic acid groups (broad SMARTS) is 1. The van der Waals surface area contributed by atoms with Crippen molar-refractivity contribution in [2.75, 3.05) is 7.11 Å². The van der Waals surface area contributed by atoms with Gasteiger partial charge < -0.3 is 9.84 Å². The van der Waals surface area contributed by atoms with Gasteiger partial charge >= 0.3 is 5.97 Å². The Kier molecular flexibility index (Phi) is 2.25. The van der Waals surface area contributed by atoms with Crippen LogP contribution in [0.4, 0.5) is 0 Å². The zero-order valence-electron chi connectivity index (χ0n) is 8.10. The number of benzene rings is 1. The third-order valence-electron chi connectivity index (χ3n) is 2.22. The van der Waals surface area contributed by atoms with E-state index in [2.05, 4.69) is 4.98 Å². The Morgan fingerprint density at radius 1 is 1.40 bits per heavy atom. The molecule has 0 spiro atoms. The first-order valence-electron chi connectivity index (χ1n) is 4.38. The van der Waals surface area contributed by atoms with Crippen LogP contribution in [0.3, 0.4) is 0 Å². The summed E-state index contributed by atoms with van der Waals surface area (Å²) in [6, 6.07) is 5.22.